The number of likely N-dealkylation sites (N-methyl/N-ethyl adjacent to an activating group) is 1. The highest BCUT2D eigenvalue weighted by atomic mass is 16.5. The van der Waals surface area contributed by atoms with E-state index in [0.29, 0.717) is 19.8 Å². The van der Waals surface area contributed by atoms with Crippen molar-refractivity contribution in [3.63, 3.8) is 0 Å². The van der Waals surface area contributed by atoms with Crippen molar-refractivity contribution in [1.29, 1.82) is 0 Å². The highest BCUT2D eigenvalue weighted by molar-refractivity contribution is 5.81. The Hall–Kier alpha value is -1.87. The first-order chi connectivity index (χ1) is 10.2. The van der Waals surface area contributed by atoms with Gasteiger partial charge in [-0.3, -0.25) is 9.69 Å². The van der Waals surface area contributed by atoms with Crippen LogP contribution >= 0.6 is 0 Å². The van der Waals surface area contributed by atoms with Crippen LogP contribution in [0, 0.1) is 11.8 Å². The van der Waals surface area contributed by atoms with Gasteiger partial charge >= 0.3 is 0 Å². The summed E-state index contributed by atoms with van der Waals surface area (Å²) in [5, 5.41) is 11.4. The Morgan fingerprint density at radius 3 is 2.90 bits per heavy atom. The van der Waals surface area contributed by atoms with Crippen LogP contribution in [0.25, 0.3) is 0 Å². The molecule has 0 spiro atoms. The minimum absolute atomic E-state index is 0.0138. The Balaban J connectivity index is 2.03. The summed E-state index contributed by atoms with van der Waals surface area (Å²) in [5.74, 6) is 5.47. The number of carbonyl (C=O) groups excluding carboxylic acids is 1. The summed E-state index contributed by atoms with van der Waals surface area (Å²) in [4.78, 5) is 14.0. The van der Waals surface area contributed by atoms with Gasteiger partial charge in [0.25, 0.3) is 0 Å². The highest BCUT2D eigenvalue weighted by Crippen LogP contribution is 2.13. The molecule has 0 radical (unpaired) electrons. The van der Waals surface area contributed by atoms with E-state index in [1.807, 2.05) is 24.3 Å². The first-order valence-corrected chi connectivity index (χ1v) is 6.96. The second-order valence-electron chi connectivity index (χ2n) is 4.83. The molecule has 2 N–H and O–H groups in total. The smallest absolute Gasteiger partial charge is 0.239 e. The molecule has 1 aromatic carbocycles. The number of nitrogens with one attached hydrogen (secondary N) is 1. The number of benzene rings is 1. The molecule has 21 heavy (non-hydrogen) atoms. The maximum absolute atomic E-state index is 11.9. The van der Waals surface area contributed by atoms with Gasteiger partial charge in [0.2, 0.25) is 5.91 Å². The normalized spacial score (nSPS) is 18.7. The number of morpholine rings is 1. The van der Waals surface area contributed by atoms with Crippen LogP contribution in [0.4, 0.5) is 0 Å². The van der Waals surface area contributed by atoms with Crippen LogP contribution in [0.1, 0.15) is 11.1 Å². The summed E-state index contributed by atoms with van der Waals surface area (Å²) in [6, 6.07) is 7.61. The molecule has 2 rings (SSSR count). The van der Waals surface area contributed by atoms with E-state index in [-0.39, 0.29) is 18.6 Å². The third-order valence-electron chi connectivity index (χ3n) is 3.44. The maximum atomic E-state index is 11.9. The molecule has 112 valence electrons. The summed E-state index contributed by atoms with van der Waals surface area (Å²) >= 11 is 0. The molecule has 1 aliphatic rings. The molecule has 5 heteroatoms. The third-order valence-corrected chi connectivity index (χ3v) is 3.44. The average molecular weight is 288 g/mol. The molecular formula is C16H20N2O3. The quantitative estimate of drug-likeness (QED) is 0.767. The Labute approximate surface area is 124 Å². The van der Waals surface area contributed by atoms with Crippen molar-refractivity contribution >= 4 is 5.91 Å². The molecule has 1 atom stereocenters. The second kappa shape index (κ2) is 7.79. The maximum Gasteiger partial charge on any atom is 0.239 e. The Kier molecular flexibility index (Phi) is 5.76. The molecule has 1 aromatic rings. The lowest BCUT2D eigenvalue weighted by Crippen LogP contribution is -2.52. The molecule has 1 fully saturated rings. The summed E-state index contributed by atoms with van der Waals surface area (Å²) in [6.45, 7) is 2.38. The average Bonchev–Trinajstić information content (AvgIpc) is 2.54. The van der Waals surface area contributed by atoms with Crippen molar-refractivity contribution < 1.29 is 14.6 Å². The summed E-state index contributed by atoms with van der Waals surface area (Å²) in [7, 11) is 1.64. The molecule has 1 amide bonds. The van der Waals surface area contributed by atoms with E-state index in [1.54, 1.807) is 7.05 Å². The van der Waals surface area contributed by atoms with Crippen molar-refractivity contribution in [2.45, 2.75) is 12.6 Å². The van der Waals surface area contributed by atoms with Gasteiger partial charge in [-0.25, -0.2) is 0 Å². The van der Waals surface area contributed by atoms with Gasteiger partial charge in [-0.15, -0.1) is 0 Å². The molecule has 0 aromatic heterocycles. The molecule has 1 saturated heterocycles. The SMILES string of the molecule is CNC(=O)C1COCCN1Cc1ccc(C#CCO)cc1. The molecule has 1 aliphatic heterocycles. The lowest BCUT2D eigenvalue weighted by atomic mass is 10.1. The van der Waals surface area contributed by atoms with Gasteiger partial charge in [-0.05, 0) is 17.7 Å². The zero-order chi connectivity index (χ0) is 15.1. The van der Waals surface area contributed by atoms with E-state index < -0.39 is 0 Å². The fraction of sp³-hybridized carbons (Fsp3) is 0.438. The zero-order valence-electron chi connectivity index (χ0n) is 12.1. The van der Waals surface area contributed by atoms with Gasteiger partial charge in [0, 0.05) is 25.7 Å². The second-order valence-corrected chi connectivity index (χ2v) is 4.83. The Morgan fingerprint density at radius 1 is 1.48 bits per heavy atom. The number of aliphatic hydroxyl groups is 1. The Morgan fingerprint density at radius 2 is 2.24 bits per heavy atom. The van der Waals surface area contributed by atoms with Crippen LogP contribution in [-0.2, 0) is 16.1 Å². The van der Waals surface area contributed by atoms with Crippen LogP contribution < -0.4 is 5.32 Å². The number of hydrogen-bond donors (Lipinski definition) is 2. The fourth-order valence-corrected chi connectivity index (χ4v) is 2.30. The van der Waals surface area contributed by atoms with Crippen molar-refractivity contribution in [2.24, 2.45) is 0 Å². The van der Waals surface area contributed by atoms with Gasteiger partial charge in [0.1, 0.15) is 12.6 Å². The number of carbonyl (C=O) groups is 1. The van der Waals surface area contributed by atoms with E-state index in [2.05, 4.69) is 22.1 Å². The van der Waals surface area contributed by atoms with Crippen LogP contribution in [0.15, 0.2) is 24.3 Å². The van der Waals surface area contributed by atoms with Crippen molar-refractivity contribution in [3.05, 3.63) is 35.4 Å². The minimum atomic E-state index is -0.238. The van der Waals surface area contributed by atoms with E-state index in [9.17, 15) is 4.79 Å². The number of ether oxygens (including phenoxy) is 1. The lowest BCUT2D eigenvalue weighted by Gasteiger charge is -2.34. The van der Waals surface area contributed by atoms with Gasteiger partial charge in [0.15, 0.2) is 0 Å². The topological polar surface area (TPSA) is 61.8 Å². The fourth-order valence-electron chi connectivity index (χ4n) is 2.30. The molecule has 0 aliphatic carbocycles. The van der Waals surface area contributed by atoms with E-state index in [1.165, 1.54) is 0 Å². The van der Waals surface area contributed by atoms with Crippen LogP contribution in [0.2, 0.25) is 0 Å². The van der Waals surface area contributed by atoms with Gasteiger partial charge in [-0.2, -0.15) is 0 Å². The highest BCUT2D eigenvalue weighted by Gasteiger charge is 2.28. The first-order valence-electron chi connectivity index (χ1n) is 6.96. The molecule has 5 nitrogen and oxygen atoms in total. The van der Waals surface area contributed by atoms with Gasteiger partial charge in [0.05, 0.1) is 13.2 Å². The molecule has 1 unspecified atom stereocenters. The summed E-state index contributed by atoms with van der Waals surface area (Å²) < 4.78 is 5.39. The number of hydrogen-bond acceptors (Lipinski definition) is 4. The largest absolute Gasteiger partial charge is 0.384 e. The standard InChI is InChI=1S/C16H20N2O3/c1-17-16(20)15-12-21-10-8-18(15)11-14-6-4-13(5-7-14)3-2-9-19/h4-7,15,19H,8-12H2,1H3,(H,17,20). The number of rotatable bonds is 3. The van der Waals surface area contributed by atoms with Gasteiger partial charge < -0.3 is 15.2 Å². The van der Waals surface area contributed by atoms with E-state index in [4.69, 9.17) is 9.84 Å². The first kappa shape index (κ1) is 15.5. The Bertz CT molecular complexity index is 531. The van der Waals surface area contributed by atoms with Crippen molar-refractivity contribution in [2.75, 3.05) is 33.4 Å². The molecular weight excluding hydrogens is 268 g/mol. The third kappa shape index (κ3) is 4.30. The van der Waals surface area contributed by atoms with E-state index in [0.717, 1.165) is 17.7 Å². The lowest BCUT2D eigenvalue weighted by molar-refractivity contribution is -0.132. The predicted octanol–water partition coefficient (Wildman–Crippen LogP) is -0.0228. The van der Waals surface area contributed by atoms with Crippen LogP contribution in [0.3, 0.4) is 0 Å². The van der Waals surface area contributed by atoms with Crippen LogP contribution in [0.5, 0.6) is 0 Å². The number of aliphatic hydroxyl groups excluding tert-OH is 1. The zero-order valence-corrected chi connectivity index (χ0v) is 12.1. The van der Waals surface area contributed by atoms with Crippen LogP contribution in [-0.4, -0.2) is 55.4 Å². The number of nitrogens with zero attached hydrogens (tertiary/aromatic N) is 1. The monoisotopic (exact) mass is 288 g/mol. The summed E-state index contributed by atoms with van der Waals surface area (Å²) in [5.41, 5.74) is 2.00. The minimum Gasteiger partial charge on any atom is -0.384 e. The van der Waals surface area contributed by atoms with Gasteiger partial charge in [-0.1, -0.05) is 24.0 Å². The number of amides is 1. The predicted molar refractivity (Wildman–Crippen MR) is 79.5 cm³/mol. The molecule has 0 saturated carbocycles. The van der Waals surface area contributed by atoms with Crippen molar-refractivity contribution in [1.82, 2.24) is 10.2 Å². The van der Waals surface area contributed by atoms with Crippen molar-refractivity contribution in [3.8, 4) is 11.8 Å². The molecule has 0 bridgehead atoms. The molecule has 1 heterocycles. The summed E-state index contributed by atoms with van der Waals surface area (Å²) in [6.07, 6.45) is 0. The van der Waals surface area contributed by atoms with E-state index >= 15 is 0 Å².